The lowest BCUT2D eigenvalue weighted by molar-refractivity contribution is -0.118. The summed E-state index contributed by atoms with van der Waals surface area (Å²) in [5.74, 6) is -0.889. The van der Waals surface area contributed by atoms with E-state index in [-0.39, 0.29) is 17.6 Å². The summed E-state index contributed by atoms with van der Waals surface area (Å²) >= 11 is 0. The predicted molar refractivity (Wildman–Crippen MR) is 65.4 cm³/mol. The van der Waals surface area contributed by atoms with E-state index in [0.717, 1.165) is 13.0 Å². The van der Waals surface area contributed by atoms with E-state index in [1.807, 2.05) is 6.92 Å². The maximum Gasteiger partial charge on any atom is 0.354 e. The molecule has 6 heteroatoms. The zero-order valence-electron chi connectivity index (χ0n) is 10.0. The average molecular weight is 249 g/mol. The Bertz CT molecular complexity index is 458. The van der Waals surface area contributed by atoms with Gasteiger partial charge in [0.05, 0.1) is 17.9 Å². The van der Waals surface area contributed by atoms with Gasteiger partial charge in [0, 0.05) is 0 Å². The Morgan fingerprint density at radius 3 is 2.78 bits per heavy atom. The summed E-state index contributed by atoms with van der Waals surface area (Å²) in [7, 11) is 0. The number of aromatic carboxylic acids is 1. The SMILES string of the molecule is CC1CCNC1C(=O)Nc1ccc(C(=O)O)nc1. The fourth-order valence-electron chi connectivity index (χ4n) is 2.00. The van der Waals surface area contributed by atoms with Crippen LogP contribution in [0.25, 0.3) is 0 Å². The molecule has 18 heavy (non-hydrogen) atoms. The van der Waals surface area contributed by atoms with E-state index in [1.54, 1.807) is 0 Å². The maximum atomic E-state index is 11.9. The summed E-state index contributed by atoms with van der Waals surface area (Å²) in [4.78, 5) is 26.3. The van der Waals surface area contributed by atoms with Gasteiger partial charge in [-0.25, -0.2) is 9.78 Å². The molecule has 3 N–H and O–H groups in total. The summed E-state index contributed by atoms with van der Waals surface area (Å²) in [6.07, 6.45) is 2.33. The highest BCUT2D eigenvalue weighted by molar-refractivity contribution is 5.95. The molecular formula is C12H15N3O3. The normalized spacial score (nSPS) is 22.7. The Hall–Kier alpha value is -1.95. The largest absolute Gasteiger partial charge is 0.477 e. The minimum atomic E-state index is -1.08. The standard InChI is InChI=1S/C12H15N3O3/c1-7-4-5-13-10(7)11(16)15-8-2-3-9(12(17)18)14-6-8/h2-3,6-7,10,13H,4-5H2,1H3,(H,15,16)(H,17,18). The van der Waals surface area contributed by atoms with Gasteiger partial charge in [-0.3, -0.25) is 4.79 Å². The molecule has 6 nitrogen and oxygen atoms in total. The molecule has 1 aliphatic heterocycles. The summed E-state index contributed by atoms with van der Waals surface area (Å²) in [6, 6.07) is 2.71. The first kappa shape index (κ1) is 12.5. The quantitative estimate of drug-likeness (QED) is 0.734. The van der Waals surface area contributed by atoms with Gasteiger partial charge in [-0.1, -0.05) is 6.92 Å². The molecule has 0 aromatic carbocycles. The molecule has 1 aromatic rings. The molecule has 2 unspecified atom stereocenters. The molecule has 2 heterocycles. The van der Waals surface area contributed by atoms with Crippen LogP contribution in [0.15, 0.2) is 18.3 Å². The van der Waals surface area contributed by atoms with Crippen LogP contribution >= 0.6 is 0 Å². The second-order valence-corrected chi connectivity index (χ2v) is 4.42. The van der Waals surface area contributed by atoms with Crippen molar-refractivity contribution in [1.29, 1.82) is 0 Å². The minimum Gasteiger partial charge on any atom is -0.477 e. The van der Waals surface area contributed by atoms with Gasteiger partial charge in [-0.15, -0.1) is 0 Å². The number of hydrogen-bond donors (Lipinski definition) is 3. The van der Waals surface area contributed by atoms with Gasteiger partial charge < -0.3 is 15.7 Å². The van der Waals surface area contributed by atoms with Crippen LogP contribution in [-0.4, -0.2) is 34.6 Å². The molecule has 0 aliphatic carbocycles. The highest BCUT2D eigenvalue weighted by Gasteiger charge is 2.29. The van der Waals surface area contributed by atoms with E-state index in [9.17, 15) is 9.59 Å². The van der Waals surface area contributed by atoms with Crippen molar-refractivity contribution in [1.82, 2.24) is 10.3 Å². The topological polar surface area (TPSA) is 91.3 Å². The first-order chi connectivity index (χ1) is 8.58. The molecule has 1 aliphatic rings. The highest BCUT2D eigenvalue weighted by Crippen LogP contribution is 2.16. The number of nitrogens with zero attached hydrogens (tertiary/aromatic N) is 1. The number of anilines is 1. The van der Waals surface area contributed by atoms with Gasteiger partial charge in [0.15, 0.2) is 0 Å². The third kappa shape index (κ3) is 2.65. The molecule has 1 aromatic heterocycles. The van der Waals surface area contributed by atoms with Crippen LogP contribution in [-0.2, 0) is 4.79 Å². The molecule has 0 bridgehead atoms. The second kappa shape index (κ2) is 5.14. The van der Waals surface area contributed by atoms with Crippen molar-refractivity contribution in [2.75, 3.05) is 11.9 Å². The lowest BCUT2D eigenvalue weighted by atomic mass is 10.0. The number of carbonyl (C=O) groups is 2. The van der Waals surface area contributed by atoms with E-state index in [0.29, 0.717) is 11.6 Å². The van der Waals surface area contributed by atoms with Gasteiger partial charge in [-0.2, -0.15) is 0 Å². The molecular weight excluding hydrogens is 234 g/mol. The number of nitrogens with one attached hydrogen (secondary N) is 2. The number of carboxylic acid groups (broad SMARTS) is 1. The van der Waals surface area contributed by atoms with Crippen molar-refractivity contribution in [2.45, 2.75) is 19.4 Å². The lowest BCUT2D eigenvalue weighted by Gasteiger charge is -2.15. The number of amides is 1. The monoisotopic (exact) mass is 249 g/mol. The van der Waals surface area contributed by atoms with Crippen molar-refractivity contribution in [3.05, 3.63) is 24.0 Å². The second-order valence-electron chi connectivity index (χ2n) is 4.42. The molecule has 1 fully saturated rings. The van der Waals surface area contributed by atoms with Crippen molar-refractivity contribution in [3.8, 4) is 0 Å². The number of hydrogen-bond acceptors (Lipinski definition) is 4. The van der Waals surface area contributed by atoms with Crippen LogP contribution < -0.4 is 10.6 Å². The predicted octanol–water partition coefficient (Wildman–Crippen LogP) is 0.716. The van der Waals surface area contributed by atoms with Crippen molar-refractivity contribution >= 4 is 17.6 Å². The summed E-state index contributed by atoms with van der Waals surface area (Å²) < 4.78 is 0. The summed E-state index contributed by atoms with van der Waals surface area (Å²) in [5, 5.41) is 14.6. The van der Waals surface area contributed by atoms with Gasteiger partial charge in [0.1, 0.15) is 5.69 Å². The molecule has 0 spiro atoms. The van der Waals surface area contributed by atoms with Crippen LogP contribution in [0, 0.1) is 5.92 Å². The first-order valence-corrected chi connectivity index (χ1v) is 5.81. The fraction of sp³-hybridized carbons (Fsp3) is 0.417. The highest BCUT2D eigenvalue weighted by atomic mass is 16.4. The van der Waals surface area contributed by atoms with Gasteiger partial charge >= 0.3 is 5.97 Å². The molecule has 0 radical (unpaired) electrons. The van der Waals surface area contributed by atoms with Gasteiger partial charge in [-0.05, 0) is 31.0 Å². The number of aromatic nitrogens is 1. The number of rotatable bonds is 3. The van der Waals surface area contributed by atoms with Crippen molar-refractivity contribution < 1.29 is 14.7 Å². The van der Waals surface area contributed by atoms with Gasteiger partial charge in [0.2, 0.25) is 5.91 Å². The third-order valence-corrected chi connectivity index (χ3v) is 3.07. The Morgan fingerprint density at radius 2 is 2.28 bits per heavy atom. The minimum absolute atomic E-state index is 0.0413. The summed E-state index contributed by atoms with van der Waals surface area (Å²) in [5.41, 5.74) is 0.464. The Balaban J connectivity index is 2.00. The maximum absolute atomic E-state index is 11.9. The van der Waals surface area contributed by atoms with Crippen LogP contribution in [0.4, 0.5) is 5.69 Å². The smallest absolute Gasteiger partial charge is 0.354 e. The van der Waals surface area contributed by atoms with E-state index in [1.165, 1.54) is 18.3 Å². The van der Waals surface area contributed by atoms with E-state index < -0.39 is 5.97 Å². The molecule has 96 valence electrons. The number of carboxylic acids is 1. The number of carbonyl (C=O) groups excluding carboxylic acids is 1. The molecule has 1 amide bonds. The van der Waals surface area contributed by atoms with Crippen LogP contribution in [0.2, 0.25) is 0 Å². The van der Waals surface area contributed by atoms with Crippen LogP contribution in [0.1, 0.15) is 23.8 Å². The van der Waals surface area contributed by atoms with Crippen LogP contribution in [0.3, 0.4) is 0 Å². The number of pyridine rings is 1. The fourth-order valence-corrected chi connectivity index (χ4v) is 2.00. The third-order valence-electron chi connectivity index (χ3n) is 3.07. The Morgan fingerprint density at radius 1 is 1.50 bits per heavy atom. The Kier molecular flexibility index (Phi) is 3.57. The van der Waals surface area contributed by atoms with Gasteiger partial charge in [0.25, 0.3) is 0 Å². The lowest BCUT2D eigenvalue weighted by Crippen LogP contribution is -2.39. The molecule has 1 saturated heterocycles. The molecule has 0 saturated carbocycles. The van der Waals surface area contributed by atoms with E-state index in [2.05, 4.69) is 15.6 Å². The molecule has 2 rings (SSSR count). The average Bonchev–Trinajstić information content (AvgIpc) is 2.76. The first-order valence-electron chi connectivity index (χ1n) is 5.81. The molecule has 2 atom stereocenters. The summed E-state index contributed by atoms with van der Waals surface area (Å²) in [6.45, 7) is 2.87. The van der Waals surface area contributed by atoms with Crippen LogP contribution in [0.5, 0.6) is 0 Å². The van der Waals surface area contributed by atoms with E-state index in [4.69, 9.17) is 5.11 Å². The zero-order chi connectivity index (χ0) is 13.1. The van der Waals surface area contributed by atoms with Crippen molar-refractivity contribution in [3.63, 3.8) is 0 Å². The zero-order valence-corrected chi connectivity index (χ0v) is 10.0. The Labute approximate surface area is 104 Å². The van der Waals surface area contributed by atoms with E-state index >= 15 is 0 Å². The van der Waals surface area contributed by atoms with Crippen molar-refractivity contribution in [2.24, 2.45) is 5.92 Å².